The summed E-state index contributed by atoms with van der Waals surface area (Å²) in [6.45, 7) is 5.28. The smallest absolute Gasteiger partial charge is 0.306 e. The molecule has 2 atom stereocenters. The third-order valence-corrected chi connectivity index (χ3v) is 4.89. The number of carboxylic acids is 1. The molecule has 2 aromatic rings. The van der Waals surface area contributed by atoms with E-state index in [1.165, 1.54) is 0 Å². The second-order valence-electron chi connectivity index (χ2n) is 6.48. The van der Waals surface area contributed by atoms with Crippen LogP contribution < -0.4 is 0 Å². The predicted octanol–water partition coefficient (Wildman–Crippen LogP) is 2.52. The van der Waals surface area contributed by atoms with Gasteiger partial charge in [-0.05, 0) is 36.8 Å². The molecular weight excluding hydrogens is 292 g/mol. The first-order valence-electron chi connectivity index (χ1n) is 8.03. The normalized spacial score (nSPS) is 21.6. The topological polar surface area (TPSA) is 62.5 Å². The zero-order chi connectivity index (χ0) is 16.6. The number of para-hydroxylation sites is 1. The van der Waals surface area contributed by atoms with Crippen LogP contribution in [-0.4, -0.2) is 39.5 Å². The van der Waals surface area contributed by atoms with Gasteiger partial charge in [0.25, 0.3) is 0 Å². The Bertz CT molecular complexity index is 750. The second-order valence-corrected chi connectivity index (χ2v) is 6.48. The first-order valence-corrected chi connectivity index (χ1v) is 8.03. The third kappa shape index (κ3) is 2.96. The number of carbonyl (C=O) groups is 2. The number of aryl methyl sites for hydroxylation is 1. The number of hydrogen-bond acceptors (Lipinski definition) is 2. The van der Waals surface area contributed by atoms with Crippen molar-refractivity contribution in [2.24, 2.45) is 11.8 Å². The molecule has 2 heterocycles. The predicted molar refractivity (Wildman–Crippen MR) is 88.2 cm³/mol. The highest BCUT2D eigenvalue weighted by atomic mass is 16.4. The number of nitrogens with zero attached hydrogens (tertiary/aromatic N) is 2. The summed E-state index contributed by atoms with van der Waals surface area (Å²) in [6.07, 6.45) is 0.535. The molecule has 1 aromatic heterocycles. The molecule has 3 rings (SSSR count). The van der Waals surface area contributed by atoms with Gasteiger partial charge in [0.1, 0.15) is 6.54 Å². The maximum Gasteiger partial charge on any atom is 0.306 e. The summed E-state index contributed by atoms with van der Waals surface area (Å²) < 4.78 is 2.03. The van der Waals surface area contributed by atoms with Crippen LogP contribution in [0.4, 0.5) is 0 Å². The molecule has 1 N–H and O–H groups in total. The lowest BCUT2D eigenvalue weighted by molar-refractivity contribution is -0.148. The Morgan fingerprint density at radius 3 is 2.74 bits per heavy atom. The van der Waals surface area contributed by atoms with E-state index in [2.05, 4.69) is 6.07 Å². The zero-order valence-electron chi connectivity index (χ0n) is 13.5. The van der Waals surface area contributed by atoms with Gasteiger partial charge < -0.3 is 14.6 Å². The number of fused-ring (bicyclic) bond motifs is 1. The van der Waals surface area contributed by atoms with Crippen LogP contribution in [0.2, 0.25) is 0 Å². The summed E-state index contributed by atoms with van der Waals surface area (Å²) in [6, 6.07) is 10.1. The van der Waals surface area contributed by atoms with Gasteiger partial charge in [0.2, 0.25) is 5.91 Å². The van der Waals surface area contributed by atoms with E-state index in [-0.39, 0.29) is 17.7 Å². The van der Waals surface area contributed by atoms with E-state index < -0.39 is 5.97 Å². The van der Waals surface area contributed by atoms with Crippen LogP contribution in [0.5, 0.6) is 0 Å². The van der Waals surface area contributed by atoms with Gasteiger partial charge in [0.05, 0.1) is 5.92 Å². The fourth-order valence-corrected chi connectivity index (χ4v) is 3.53. The number of aliphatic carboxylic acids is 1. The largest absolute Gasteiger partial charge is 0.481 e. The van der Waals surface area contributed by atoms with Crippen LogP contribution >= 0.6 is 0 Å². The molecule has 0 bridgehead atoms. The van der Waals surface area contributed by atoms with Crippen molar-refractivity contribution in [2.75, 3.05) is 13.1 Å². The zero-order valence-corrected chi connectivity index (χ0v) is 13.5. The standard InChI is InChI=1S/C18H22N2O3/c1-12-10-19(8-7-15(12)18(22)23)17(21)11-20-13(2)9-14-5-3-4-6-16(14)20/h3-6,9,12,15H,7-8,10-11H2,1-2H3,(H,22,23). The summed E-state index contributed by atoms with van der Waals surface area (Å²) in [5, 5.41) is 10.3. The van der Waals surface area contributed by atoms with Gasteiger partial charge >= 0.3 is 5.97 Å². The SMILES string of the molecule is Cc1cc2ccccc2n1CC(=O)N1CCC(C(=O)O)C(C)C1. The Balaban J connectivity index is 1.74. The fraction of sp³-hybridized carbons (Fsp3) is 0.444. The Kier molecular flexibility index (Phi) is 4.11. The Hall–Kier alpha value is -2.30. The summed E-state index contributed by atoms with van der Waals surface area (Å²) in [5.41, 5.74) is 2.12. The van der Waals surface area contributed by atoms with E-state index in [4.69, 9.17) is 0 Å². The number of rotatable bonds is 3. The molecule has 1 aliphatic heterocycles. The third-order valence-electron chi connectivity index (χ3n) is 4.89. The molecule has 0 aliphatic carbocycles. The maximum atomic E-state index is 12.6. The van der Waals surface area contributed by atoms with E-state index in [9.17, 15) is 14.7 Å². The molecule has 122 valence electrons. The van der Waals surface area contributed by atoms with Crippen LogP contribution in [0.1, 0.15) is 19.0 Å². The van der Waals surface area contributed by atoms with Gasteiger partial charge in [-0.3, -0.25) is 9.59 Å². The lowest BCUT2D eigenvalue weighted by Crippen LogP contribution is -2.46. The lowest BCUT2D eigenvalue weighted by Gasteiger charge is -2.35. The number of piperidine rings is 1. The molecule has 5 nitrogen and oxygen atoms in total. The van der Waals surface area contributed by atoms with Crippen LogP contribution in [0.3, 0.4) is 0 Å². The number of likely N-dealkylation sites (tertiary alicyclic amines) is 1. The van der Waals surface area contributed by atoms with E-state index in [0.29, 0.717) is 26.1 Å². The minimum Gasteiger partial charge on any atom is -0.481 e. The van der Waals surface area contributed by atoms with E-state index in [1.807, 2.05) is 42.7 Å². The monoisotopic (exact) mass is 314 g/mol. The van der Waals surface area contributed by atoms with E-state index >= 15 is 0 Å². The van der Waals surface area contributed by atoms with Crippen molar-refractivity contribution < 1.29 is 14.7 Å². The van der Waals surface area contributed by atoms with Crippen molar-refractivity contribution in [3.63, 3.8) is 0 Å². The van der Waals surface area contributed by atoms with Crippen molar-refractivity contribution in [3.05, 3.63) is 36.0 Å². The number of hydrogen-bond donors (Lipinski definition) is 1. The van der Waals surface area contributed by atoms with Crippen molar-refractivity contribution in [3.8, 4) is 0 Å². The van der Waals surface area contributed by atoms with Crippen molar-refractivity contribution in [2.45, 2.75) is 26.8 Å². The van der Waals surface area contributed by atoms with Crippen LogP contribution in [-0.2, 0) is 16.1 Å². The fourth-order valence-electron chi connectivity index (χ4n) is 3.53. The molecule has 0 saturated carbocycles. The van der Waals surface area contributed by atoms with E-state index in [1.54, 1.807) is 4.90 Å². The van der Waals surface area contributed by atoms with Crippen molar-refractivity contribution >= 4 is 22.8 Å². The molecule has 5 heteroatoms. The molecule has 1 amide bonds. The highest BCUT2D eigenvalue weighted by Crippen LogP contribution is 2.24. The molecule has 23 heavy (non-hydrogen) atoms. The number of amides is 1. The maximum absolute atomic E-state index is 12.6. The second kappa shape index (κ2) is 6.07. The lowest BCUT2D eigenvalue weighted by atomic mass is 9.87. The molecule has 1 saturated heterocycles. The van der Waals surface area contributed by atoms with Crippen LogP contribution in [0.15, 0.2) is 30.3 Å². The first kappa shape index (κ1) is 15.6. The average Bonchev–Trinajstić information content (AvgIpc) is 2.83. The Morgan fingerprint density at radius 2 is 2.04 bits per heavy atom. The highest BCUT2D eigenvalue weighted by Gasteiger charge is 2.33. The minimum absolute atomic E-state index is 0.00676. The number of benzene rings is 1. The average molecular weight is 314 g/mol. The highest BCUT2D eigenvalue weighted by molar-refractivity contribution is 5.84. The molecule has 0 spiro atoms. The molecule has 1 aromatic carbocycles. The molecule has 2 unspecified atom stereocenters. The molecular formula is C18H22N2O3. The van der Waals surface area contributed by atoms with Gasteiger partial charge in [-0.25, -0.2) is 0 Å². The van der Waals surface area contributed by atoms with Crippen molar-refractivity contribution in [1.82, 2.24) is 9.47 Å². The summed E-state index contributed by atoms with van der Waals surface area (Å²) >= 11 is 0. The van der Waals surface area contributed by atoms with Crippen molar-refractivity contribution in [1.29, 1.82) is 0 Å². The van der Waals surface area contributed by atoms with Gasteiger partial charge in [-0.2, -0.15) is 0 Å². The summed E-state index contributed by atoms with van der Waals surface area (Å²) in [7, 11) is 0. The van der Waals surface area contributed by atoms with Crippen LogP contribution in [0.25, 0.3) is 10.9 Å². The quantitative estimate of drug-likeness (QED) is 0.947. The van der Waals surface area contributed by atoms with Crippen LogP contribution in [0, 0.1) is 18.8 Å². The van der Waals surface area contributed by atoms with Gasteiger partial charge in [-0.1, -0.05) is 25.1 Å². The first-order chi connectivity index (χ1) is 11.0. The summed E-state index contributed by atoms with van der Waals surface area (Å²) in [4.78, 5) is 25.6. The van der Waals surface area contributed by atoms with Gasteiger partial charge in [0.15, 0.2) is 0 Å². The minimum atomic E-state index is -0.753. The molecule has 1 aliphatic rings. The Labute approximate surface area is 135 Å². The van der Waals surface area contributed by atoms with Gasteiger partial charge in [-0.15, -0.1) is 0 Å². The number of aromatic nitrogens is 1. The molecule has 1 fully saturated rings. The van der Waals surface area contributed by atoms with Gasteiger partial charge in [0, 0.05) is 24.3 Å². The number of carbonyl (C=O) groups excluding carboxylic acids is 1. The molecule has 0 radical (unpaired) electrons. The number of carboxylic acid groups (broad SMARTS) is 1. The van der Waals surface area contributed by atoms with E-state index in [0.717, 1.165) is 16.6 Å². The Morgan fingerprint density at radius 1 is 1.30 bits per heavy atom. The summed E-state index contributed by atoms with van der Waals surface area (Å²) in [5.74, 6) is -1.04.